The van der Waals surface area contributed by atoms with Gasteiger partial charge in [-0.05, 0) is 36.1 Å². The van der Waals surface area contributed by atoms with Crippen LogP contribution in [0, 0.1) is 0 Å². The highest BCUT2D eigenvalue weighted by Crippen LogP contribution is 2.17. The van der Waals surface area contributed by atoms with Crippen LogP contribution in [0.1, 0.15) is 17.3 Å². The number of likely N-dealkylation sites (N-methyl/N-ethyl adjacent to an activating group) is 1. The first-order valence-electron chi connectivity index (χ1n) is 8.19. The molecule has 0 aromatic carbocycles. The maximum absolute atomic E-state index is 4.42. The lowest BCUT2D eigenvalue weighted by Gasteiger charge is -2.27. The molecule has 7 nitrogen and oxygen atoms in total. The molecule has 0 bridgehead atoms. The van der Waals surface area contributed by atoms with Crippen LogP contribution in [-0.4, -0.2) is 64.8 Å². The number of hydrogen-bond acceptors (Lipinski definition) is 3. The minimum absolute atomic E-state index is 0. The zero-order chi connectivity index (χ0) is 18.6. The molecule has 2 aromatic heterocycles. The molecule has 146 valence electrons. The largest absolute Gasteiger partial charge is 0.354 e. The highest BCUT2D eigenvalue weighted by atomic mass is 127. The van der Waals surface area contributed by atoms with Crippen molar-refractivity contribution in [3.63, 3.8) is 0 Å². The molecule has 26 heavy (non-hydrogen) atoms. The van der Waals surface area contributed by atoms with Gasteiger partial charge in [-0.15, -0.1) is 24.0 Å². The Balaban J connectivity index is 0.00000338. The van der Waals surface area contributed by atoms with Crippen LogP contribution >= 0.6 is 39.9 Å². The summed E-state index contributed by atoms with van der Waals surface area (Å²) in [7, 11) is 12.0. The van der Waals surface area contributed by atoms with Crippen molar-refractivity contribution < 1.29 is 0 Å². The van der Waals surface area contributed by atoms with Crippen LogP contribution in [0.3, 0.4) is 0 Å². The number of aromatic nitrogens is 3. The third-order valence-electron chi connectivity index (χ3n) is 4.23. The summed E-state index contributed by atoms with van der Waals surface area (Å²) in [5, 5.41) is 7.77. The Morgan fingerprint density at radius 1 is 1.31 bits per heavy atom. The average Bonchev–Trinajstić information content (AvgIpc) is 3.09. The molecule has 2 rings (SSSR count). The van der Waals surface area contributed by atoms with Gasteiger partial charge < -0.3 is 19.7 Å². The van der Waals surface area contributed by atoms with Gasteiger partial charge in [0.05, 0.1) is 18.8 Å². The van der Waals surface area contributed by atoms with Crippen LogP contribution in [-0.2, 0) is 20.6 Å². The van der Waals surface area contributed by atoms with Crippen molar-refractivity contribution in [1.82, 2.24) is 29.5 Å². The second-order valence-electron chi connectivity index (χ2n) is 6.47. The number of guanidine groups is 1. The summed E-state index contributed by atoms with van der Waals surface area (Å²) in [5.74, 6) is 0.869. The van der Waals surface area contributed by atoms with E-state index in [2.05, 4.69) is 85.3 Å². The molecule has 0 saturated heterocycles. The molecule has 9 heteroatoms. The zero-order valence-corrected chi connectivity index (χ0v) is 20.2. The van der Waals surface area contributed by atoms with Gasteiger partial charge in [-0.2, -0.15) is 5.10 Å². The number of nitrogens with one attached hydrogen (secondary N) is 1. The first-order valence-corrected chi connectivity index (χ1v) is 8.98. The Morgan fingerprint density at radius 3 is 2.46 bits per heavy atom. The number of hydrogen-bond donors (Lipinski definition) is 1. The summed E-state index contributed by atoms with van der Waals surface area (Å²) < 4.78 is 5.04. The summed E-state index contributed by atoms with van der Waals surface area (Å²) >= 11 is 3.52. The molecule has 2 aromatic rings. The number of aryl methyl sites for hydroxylation is 2. The summed E-state index contributed by atoms with van der Waals surface area (Å²) in [6.07, 6.45) is 6.03. The molecule has 0 aliphatic rings. The minimum atomic E-state index is 0. The Morgan fingerprint density at radius 2 is 2.00 bits per heavy atom. The van der Waals surface area contributed by atoms with Crippen molar-refractivity contribution in [2.45, 2.75) is 12.6 Å². The van der Waals surface area contributed by atoms with E-state index in [0.29, 0.717) is 0 Å². The molecular weight excluding hydrogens is 509 g/mol. The summed E-state index contributed by atoms with van der Waals surface area (Å²) in [5.41, 5.74) is 2.40. The molecule has 0 spiro atoms. The molecule has 0 aliphatic carbocycles. The number of aliphatic imine (C=N–C) groups is 1. The molecule has 0 aliphatic heterocycles. The fourth-order valence-corrected chi connectivity index (χ4v) is 3.40. The number of rotatable bonds is 6. The van der Waals surface area contributed by atoms with Crippen molar-refractivity contribution in [2.75, 3.05) is 34.7 Å². The van der Waals surface area contributed by atoms with Crippen LogP contribution < -0.4 is 5.32 Å². The number of nitrogens with zero attached hydrogens (tertiary/aromatic N) is 6. The normalized spacial score (nSPS) is 12.8. The van der Waals surface area contributed by atoms with Gasteiger partial charge >= 0.3 is 0 Å². The lowest BCUT2D eigenvalue weighted by atomic mass is 10.1. The fourth-order valence-electron chi connectivity index (χ4n) is 2.82. The molecule has 0 amide bonds. The quantitative estimate of drug-likeness (QED) is 0.349. The van der Waals surface area contributed by atoms with Gasteiger partial charge in [0.15, 0.2) is 5.96 Å². The van der Waals surface area contributed by atoms with E-state index in [4.69, 9.17) is 0 Å². The lowest BCUT2D eigenvalue weighted by molar-refractivity contribution is 0.295. The first-order chi connectivity index (χ1) is 11.8. The molecule has 0 saturated carbocycles. The van der Waals surface area contributed by atoms with E-state index in [0.717, 1.165) is 23.5 Å². The molecular formula is C17H29BrIN7. The van der Waals surface area contributed by atoms with E-state index in [1.807, 2.05) is 32.0 Å². The lowest BCUT2D eigenvalue weighted by Crippen LogP contribution is -2.42. The van der Waals surface area contributed by atoms with E-state index in [1.54, 1.807) is 0 Å². The van der Waals surface area contributed by atoms with Crippen LogP contribution in [0.15, 0.2) is 34.1 Å². The third-order valence-corrected chi connectivity index (χ3v) is 4.67. The third kappa shape index (κ3) is 5.98. The van der Waals surface area contributed by atoms with Gasteiger partial charge in [-0.3, -0.25) is 9.67 Å². The van der Waals surface area contributed by atoms with Crippen molar-refractivity contribution in [3.8, 4) is 0 Å². The summed E-state index contributed by atoms with van der Waals surface area (Å²) in [4.78, 5) is 8.73. The van der Waals surface area contributed by atoms with Gasteiger partial charge in [-0.1, -0.05) is 0 Å². The van der Waals surface area contributed by atoms with Crippen molar-refractivity contribution >= 4 is 45.9 Å². The van der Waals surface area contributed by atoms with Crippen LogP contribution in [0.4, 0.5) is 0 Å². The summed E-state index contributed by atoms with van der Waals surface area (Å²) in [6.45, 7) is 1.54. The smallest absolute Gasteiger partial charge is 0.193 e. The molecule has 0 radical (unpaired) electrons. The minimum Gasteiger partial charge on any atom is -0.354 e. The van der Waals surface area contributed by atoms with Gasteiger partial charge in [0.2, 0.25) is 0 Å². The number of halogens is 2. The average molecular weight is 538 g/mol. The van der Waals surface area contributed by atoms with Crippen molar-refractivity contribution in [2.24, 2.45) is 19.1 Å². The second kappa shape index (κ2) is 10.3. The zero-order valence-electron chi connectivity index (χ0n) is 16.3. The Bertz CT molecular complexity index is 723. The molecule has 1 N–H and O–H groups in total. The summed E-state index contributed by atoms with van der Waals surface area (Å²) in [6, 6.07) is 2.35. The van der Waals surface area contributed by atoms with E-state index in [9.17, 15) is 0 Å². The second-order valence-corrected chi connectivity index (χ2v) is 7.39. The maximum Gasteiger partial charge on any atom is 0.193 e. The Kier molecular flexibility index (Phi) is 9.11. The van der Waals surface area contributed by atoms with Gasteiger partial charge in [0.25, 0.3) is 0 Å². The predicted molar refractivity (Wildman–Crippen MR) is 121 cm³/mol. The van der Waals surface area contributed by atoms with E-state index < -0.39 is 0 Å². The van der Waals surface area contributed by atoms with Crippen molar-refractivity contribution in [3.05, 3.63) is 40.4 Å². The van der Waals surface area contributed by atoms with E-state index in [1.165, 1.54) is 11.3 Å². The molecule has 1 unspecified atom stereocenters. The predicted octanol–water partition coefficient (Wildman–Crippen LogP) is 2.45. The van der Waals surface area contributed by atoms with Crippen molar-refractivity contribution in [1.29, 1.82) is 0 Å². The van der Waals surface area contributed by atoms with Gasteiger partial charge in [-0.25, -0.2) is 0 Å². The van der Waals surface area contributed by atoms with Crippen LogP contribution in [0.25, 0.3) is 0 Å². The van der Waals surface area contributed by atoms with Crippen LogP contribution in [0.2, 0.25) is 0 Å². The van der Waals surface area contributed by atoms with E-state index >= 15 is 0 Å². The Hall–Kier alpha value is -1.07. The fraction of sp³-hybridized carbons (Fsp3) is 0.529. The molecule has 0 fully saturated rings. The maximum atomic E-state index is 4.42. The highest BCUT2D eigenvalue weighted by Gasteiger charge is 2.17. The monoisotopic (exact) mass is 537 g/mol. The molecule has 1 atom stereocenters. The van der Waals surface area contributed by atoms with E-state index in [-0.39, 0.29) is 30.0 Å². The van der Waals surface area contributed by atoms with Gasteiger partial charge in [0.1, 0.15) is 0 Å². The topological polar surface area (TPSA) is 53.6 Å². The first kappa shape index (κ1) is 23.0. The standard InChI is InChI=1S/C17H28BrN7.HI/c1-19-17(24(5)12-15-7-14(18)11-23(15)4)20-9-16(22(2)3)13-8-21-25(6)10-13;/h7-8,10-11,16H,9,12H2,1-6H3,(H,19,20);1H. The molecule has 2 heterocycles. The SMILES string of the molecule is CN=C(NCC(c1cnn(C)c1)N(C)C)N(C)Cc1cc(Br)cn1C.I. The van der Waals surface area contributed by atoms with Crippen LogP contribution in [0.5, 0.6) is 0 Å². The highest BCUT2D eigenvalue weighted by molar-refractivity contribution is 14.0. The van der Waals surface area contributed by atoms with Gasteiger partial charge in [0, 0.05) is 62.9 Å². The Labute approximate surface area is 181 Å².